The van der Waals surface area contributed by atoms with Gasteiger partial charge in [0.1, 0.15) is 6.04 Å². The quantitative estimate of drug-likeness (QED) is 0.579. The van der Waals surface area contributed by atoms with Crippen LogP contribution >= 0.6 is 11.8 Å². The van der Waals surface area contributed by atoms with Gasteiger partial charge in [-0.25, -0.2) is 0 Å². The van der Waals surface area contributed by atoms with E-state index in [1.54, 1.807) is 16.7 Å². The van der Waals surface area contributed by atoms with Gasteiger partial charge in [0.25, 0.3) is 0 Å². The first-order valence-corrected chi connectivity index (χ1v) is 12.0. The van der Waals surface area contributed by atoms with E-state index in [-0.39, 0.29) is 17.4 Å². The number of carbonyl (C=O) groups excluding carboxylic acids is 2. The van der Waals surface area contributed by atoms with Crippen LogP contribution in [-0.4, -0.2) is 34.0 Å². The van der Waals surface area contributed by atoms with E-state index in [0.29, 0.717) is 18.7 Å². The minimum atomic E-state index is -0.494. The van der Waals surface area contributed by atoms with Gasteiger partial charge in [-0.2, -0.15) is 0 Å². The molecule has 168 valence electrons. The third-order valence-electron chi connectivity index (χ3n) is 4.90. The molecular formula is C26H36N2O2S. The third kappa shape index (κ3) is 8.41. The van der Waals surface area contributed by atoms with E-state index in [1.807, 2.05) is 58.9 Å². The van der Waals surface area contributed by atoms with Gasteiger partial charge in [0.15, 0.2) is 0 Å². The largest absolute Gasteiger partial charge is 0.350 e. The van der Waals surface area contributed by atoms with Crippen LogP contribution in [0.3, 0.4) is 0 Å². The SMILES string of the molecule is CC[C@H](C(=O)NC(C)(C)C)N(Cc1cccc(C)c1)C(=O)CSCc1cccc(C)c1. The van der Waals surface area contributed by atoms with Crippen molar-refractivity contribution in [1.29, 1.82) is 0 Å². The van der Waals surface area contributed by atoms with E-state index in [9.17, 15) is 9.59 Å². The second-order valence-corrected chi connectivity index (χ2v) is 10.1. The van der Waals surface area contributed by atoms with Gasteiger partial charge in [0, 0.05) is 17.8 Å². The normalized spacial score (nSPS) is 12.3. The van der Waals surface area contributed by atoms with Gasteiger partial charge in [0.05, 0.1) is 5.75 Å². The molecule has 2 aromatic rings. The van der Waals surface area contributed by atoms with E-state index < -0.39 is 6.04 Å². The van der Waals surface area contributed by atoms with Crippen molar-refractivity contribution in [3.8, 4) is 0 Å². The molecule has 5 heteroatoms. The maximum Gasteiger partial charge on any atom is 0.243 e. The molecule has 1 N–H and O–H groups in total. The van der Waals surface area contributed by atoms with Crippen LogP contribution in [0.1, 0.15) is 56.4 Å². The first kappa shape index (κ1) is 25.0. The van der Waals surface area contributed by atoms with Crippen molar-refractivity contribution in [2.24, 2.45) is 0 Å². The smallest absolute Gasteiger partial charge is 0.243 e. The minimum absolute atomic E-state index is 0.00457. The molecule has 0 saturated carbocycles. The molecule has 4 nitrogen and oxygen atoms in total. The zero-order valence-corrected chi connectivity index (χ0v) is 20.5. The molecule has 2 amide bonds. The number of benzene rings is 2. The van der Waals surface area contributed by atoms with Crippen molar-refractivity contribution in [2.75, 3.05) is 5.75 Å². The second kappa shape index (κ2) is 11.4. The third-order valence-corrected chi connectivity index (χ3v) is 5.88. The van der Waals surface area contributed by atoms with Crippen LogP contribution in [0.4, 0.5) is 0 Å². The van der Waals surface area contributed by atoms with Gasteiger partial charge < -0.3 is 10.2 Å². The Kier molecular flexibility index (Phi) is 9.17. The van der Waals surface area contributed by atoms with Gasteiger partial charge in [-0.1, -0.05) is 66.6 Å². The lowest BCUT2D eigenvalue weighted by molar-refractivity contribution is -0.140. The topological polar surface area (TPSA) is 49.4 Å². The number of hydrogen-bond acceptors (Lipinski definition) is 3. The Bertz CT molecular complexity index is 889. The Labute approximate surface area is 191 Å². The summed E-state index contributed by atoms with van der Waals surface area (Å²) in [6, 6.07) is 16.0. The molecule has 2 rings (SSSR count). The molecule has 0 aliphatic heterocycles. The molecule has 0 aromatic heterocycles. The highest BCUT2D eigenvalue weighted by molar-refractivity contribution is 7.99. The van der Waals surface area contributed by atoms with E-state index in [1.165, 1.54) is 11.1 Å². The Balaban J connectivity index is 2.16. The summed E-state index contributed by atoms with van der Waals surface area (Å²) in [5.74, 6) is 1.02. The average molecular weight is 441 g/mol. The van der Waals surface area contributed by atoms with Crippen LogP contribution in [0.5, 0.6) is 0 Å². The highest BCUT2D eigenvalue weighted by Gasteiger charge is 2.30. The highest BCUT2D eigenvalue weighted by Crippen LogP contribution is 2.19. The van der Waals surface area contributed by atoms with Gasteiger partial charge in [-0.15, -0.1) is 11.8 Å². The van der Waals surface area contributed by atoms with E-state index in [0.717, 1.165) is 16.9 Å². The summed E-state index contributed by atoms with van der Waals surface area (Å²) >= 11 is 1.60. The molecule has 0 saturated heterocycles. The number of thioether (sulfide) groups is 1. The zero-order chi connectivity index (χ0) is 23.0. The Morgan fingerprint density at radius 1 is 1.00 bits per heavy atom. The van der Waals surface area contributed by atoms with E-state index >= 15 is 0 Å². The Hall–Kier alpha value is -2.27. The second-order valence-electron chi connectivity index (χ2n) is 9.16. The molecule has 0 heterocycles. The van der Waals surface area contributed by atoms with Crippen molar-refractivity contribution in [3.63, 3.8) is 0 Å². The molecule has 1 atom stereocenters. The fourth-order valence-corrected chi connectivity index (χ4v) is 4.38. The fraction of sp³-hybridized carbons (Fsp3) is 0.462. The number of rotatable bonds is 9. The number of nitrogens with one attached hydrogen (secondary N) is 1. The summed E-state index contributed by atoms with van der Waals surface area (Å²) in [5, 5.41) is 3.05. The molecule has 31 heavy (non-hydrogen) atoms. The maximum absolute atomic E-state index is 13.3. The predicted molar refractivity (Wildman–Crippen MR) is 131 cm³/mol. The summed E-state index contributed by atoms with van der Waals surface area (Å²) in [6.45, 7) is 12.4. The first-order chi connectivity index (χ1) is 14.6. The van der Waals surface area contributed by atoms with Crippen LogP contribution < -0.4 is 5.32 Å². The van der Waals surface area contributed by atoms with Gasteiger partial charge in [0.2, 0.25) is 11.8 Å². The standard InChI is InChI=1S/C26H36N2O2S/c1-7-23(25(30)27-26(4,5)6)28(16-21-12-8-10-19(2)14-21)24(29)18-31-17-22-13-9-11-20(3)15-22/h8-15,23H,7,16-18H2,1-6H3,(H,27,30)/t23-/m1/s1. The Morgan fingerprint density at radius 3 is 2.13 bits per heavy atom. The molecule has 0 unspecified atom stereocenters. The van der Waals surface area contributed by atoms with Crippen LogP contribution in [0.25, 0.3) is 0 Å². The van der Waals surface area contributed by atoms with Crippen molar-refractivity contribution in [3.05, 3.63) is 70.8 Å². The number of carbonyl (C=O) groups is 2. The lowest BCUT2D eigenvalue weighted by atomic mass is 10.1. The van der Waals surface area contributed by atoms with E-state index in [4.69, 9.17) is 0 Å². The molecule has 0 bridgehead atoms. The summed E-state index contributed by atoms with van der Waals surface area (Å²) in [6.07, 6.45) is 0.571. The van der Waals surface area contributed by atoms with Crippen molar-refractivity contribution in [1.82, 2.24) is 10.2 Å². The number of hydrogen-bond donors (Lipinski definition) is 1. The molecule has 0 spiro atoms. The maximum atomic E-state index is 13.3. The minimum Gasteiger partial charge on any atom is -0.350 e. The number of nitrogens with zero attached hydrogens (tertiary/aromatic N) is 1. The lowest BCUT2D eigenvalue weighted by Crippen LogP contribution is -2.53. The van der Waals surface area contributed by atoms with Crippen LogP contribution in [-0.2, 0) is 21.9 Å². The van der Waals surface area contributed by atoms with Crippen molar-refractivity contribution in [2.45, 2.75) is 71.8 Å². The summed E-state index contributed by atoms with van der Waals surface area (Å²) in [4.78, 5) is 28.0. The highest BCUT2D eigenvalue weighted by atomic mass is 32.2. The van der Waals surface area contributed by atoms with Gasteiger partial charge in [-0.3, -0.25) is 9.59 Å². The van der Waals surface area contributed by atoms with Gasteiger partial charge in [-0.05, 0) is 52.2 Å². The summed E-state index contributed by atoms with van der Waals surface area (Å²) in [5.41, 5.74) is 4.27. The predicted octanol–water partition coefficient (Wildman–Crippen LogP) is 5.26. The summed E-state index contributed by atoms with van der Waals surface area (Å²) in [7, 11) is 0. The molecular weight excluding hydrogens is 404 g/mol. The lowest BCUT2D eigenvalue weighted by Gasteiger charge is -2.33. The van der Waals surface area contributed by atoms with Gasteiger partial charge >= 0.3 is 0 Å². The van der Waals surface area contributed by atoms with Crippen LogP contribution in [0, 0.1) is 13.8 Å². The number of aryl methyl sites for hydroxylation is 2. The molecule has 0 fully saturated rings. The number of amides is 2. The molecule has 0 aliphatic rings. The van der Waals surface area contributed by atoms with Crippen molar-refractivity contribution < 1.29 is 9.59 Å². The molecule has 0 aliphatic carbocycles. The monoisotopic (exact) mass is 440 g/mol. The fourth-order valence-electron chi connectivity index (χ4n) is 3.52. The first-order valence-electron chi connectivity index (χ1n) is 10.9. The Morgan fingerprint density at radius 2 is 1.58 bits per heavy atom. The average Bonchev–Trinajstić information content (AvgIpc) is 2.66. The van der Waals surface area contributed by atoms with E-state index in [2.05, 4.69) is 36.5 Å². The van der Waals surface area contributed by atoms with Crippen LogP contribution in [0.2, 0.25) is 0 Å². The van der Waals surface area contributed by atoms with Crippen molar-refractivity contribution >= 4 is 23.6 Å². The molecule has 0 radical (unpaired) electrons. The summed E-state index contributed by atoms with van der Waals surface area (Å²) < 4.78 is 0. The molecule has 2 aromatic carbocycles. The van der Waals surface area contributed by atoms with Crippen LogP contribution in [0.15, 0.2) is 48.5 Å². The zero-order valence-electron chi connectivity index (χ0n) is 19.7.